The third-order valence-electron chi connectivity index (χ3n) is 3.10. The Morgan fingerprint density at radius 1 is 1.22 bits per heavy atom. The second-order valence-corrected chi connectivity index (χ2v) is 6.64. The number of ether oxygens (including phenoxy) is 1. The number of nitrogens with zero attached hydrogens (tertiary/aromatic N) is 2. The lowest BCUT2D eigenvalue weighted by Crippen LogP contribution is -2.14. The highest BCUT2D eigenvalue weighted by Crippen LogP contribution is 2.64. The van der Waals surface area contributed by atoms with E-state index in [0.29, 0.717) is 5.56 Å². The van der Waals surface area contributed by atoms with E-state index in [-0.39, 0.29) is 24.7 Å². The molecule has 0 fully saturated rings. The molecular formula is C15H19N2O5P. The molecule has 124 valence electrons. The smallest absolute Gasteiger partial charge is 0.340 e. The van der Waals surface area contributed by atoms with E-state index in [1.807, 2.05) is 12.1 Å². The molecule has 1 N–H and O–H groups in total. The number of aromatic hydroxyl groups is 1. The maximum Gasteiger partial charge on any atom is 0.340 e. The number of phenolic OH excluding ortho intramolecular Hbond substituents is 1. The molecule has 1 aromatic carbocycles. The molecule has 23 heavy (non-hydrogen) atoms. The molecule has 0 saturated carbocycles. The van der Waals surface area contributed by atoms with E-state index in [4.69, 9.17) is 13.8 Å². The average molecular weight is 338 g/mol. The first-order chi connectivity index (χ1) is 11.0. The van der Waals surface area contributed by atoms with E-state index in [1.54, 1.807) is 13.8 Å². The lowest BCUT2D eigenvalue weighted by molar-refractivity contribution is 0.209. The van der Waals surface area contributed by atoms with E-state index in [9.17, 15) is 20.2 Å². The highest BCUT2D eigenvalue weighted by Gasteiger charge is 2.43. The number of benzene rings is 1. The summed E-state index contributed by atoms with van der Waals surface area (Å²) in [7, 11) is -2.40. The fraction of sp³-hybridized carbons (Fsp3) is 0.467. The zero-order chi connectivity index (χ0) is 17.5. The normalized spacial score (nSPS) is 12.4. The van der Waals surface area contributed by atoms with E-state index in [0.717, 1.165) is 0 Å². The van der Waals surface area contributed by atoms with Crippen molar-refractivity contribution in [3.05, 3.63) is 23.8 Å². The fourth-order valence-corrected chi connectivity index (χ4v) is 4.30. The SMILES string of the molecule is CCOP(=O)(OCC)C(c1ccc(O)c(OC)c1)C(C#N)C#N. The third-order valence-corrected chi connectivity index (χ3v) is 5.61. The van der Waals surface area contributed by atoms with Gasteiger partial charge in [0.15, 0.2) is 17.4 Å². The van der Waals surface area contributed by atoms with Gasteiger partial charge in [-0.05, 0) is 31.5 Å². The summed E-state index contributed by atoms with van der Waals surface area (Å²) in [6.45, 7) is 3.50. The Labute approximate surface area is 135 Å². The molecule has 0 bridgehead atoms. The van der Waals surface area contributed by atoms with Crippen molar-refractivity contribution in [3.8, 4) is 23.6 Å². The summed E-state index contributed by atoms with van der Waals surface area (Å²) in [5.74, 6) is -1.21. The van der Waals surface area contributed by atoms with Crippen LogP contribution in [0.1, 0.15) is 25.1 Å². The monoisotopic (exact) mass is 338 g/mol. The molecule has 0 spiro atoms. The quantitative estimate of drug-likeness (QED) is 0.723. The number of rotatable bonds is 8. The van der Waals surface area contributed by atoms with Crippen molar-refractivity contribution < 1.29 is 23.5 Å². The Hall–Kier alpha value is -2.05. The molecule has 1 unspecified atom stereocenters. The van der Waals surface area contributed by atoms with Crippen LogP contribution in [-0.4, -0.2) is 25.4 Å². The largest absolute Gasteiger partial charge is 0.504 e. The van der Waals surface area contributed by atoms with Crippen LogP contribution in [0.25, 0.3) is 0 Å². The van der Waals surface area contributed by atoms with Gasteiger partial charge in [0.1, 0.15) is 5.66 Å². The van der Waals surface area contributed by atoms with Gasteiger partial charge in [0.25, 0.3) is 0 Å². The van der Waals surface area contributed by atoms with E-state index >= 15 is 0 Å². The van der Waals surface area contributed by atoms with Gasteiger partial charge in [0.2, 0.25) is 0 Å². The third kappa shape index (κ3) is 4.24. The molecular weight excluding hydrogens is 319 g/mol. The number of nitriles is 2. The first kappa shape index (κ1) is 19.0. The second kappa shape index (κ2) is 8.55. The van der Waals surface area contributed by atoms with E-state index < -0.39 is 19.2 Å². The van der Waals surface area contributed by atoms with Crippen LogP contribution in [0.3, 0.4) is 0 Å². The van der Waals surface area contributed by atoms with Crippen molar-refractivity contribution in [2.45, 2.75) is 19.5 Å². The highest BCUT2D eigenvalue weighted by molar-refractivity contribution is 7.54. The summed E-state index contributed by atoms with van der Waals surface area (Å²) >= 11 is 0. The van der Waals surface area contributed by atoms with Crippen LogP contribution in [0, 0.1) is 28.6 Å². The van der Waals surface area contributed by atoms with Gasteiger partial charge < -0.3 is 18.9 Å². The molecule has 0 aromatic heterocycles. The van der Waals surface area contributed by atoms with Crippen LogP contribution in [0.4, 0.5) is 0 Å². The van der Waals surface area contributed by atoms with E-state index in [2.05, 4.69) is 0 Å². The Kier molecular flexibility index (Phi) is 7.06. The van der Waals surface area contributed by atoms with Crippen LogP contribution in [0.2, 0.25) is 0 Å². The molecule has 0 aliphatic heterocycles. The standard InChI is InChI=1S/C15H19N2O5P/c1-4-21-23(19,22-5-2)15(12(9-16)10-17)11-6-7-13(18)14(8-11)20-3/h6-8,12,15,18H,4-5H2,1-3H3. The lowest BCUT2D eigenvalue weighted by atomic mass is 10.0. The molecule has 1 rings (SSSR count). The van der Waals surface area contributed by atoms with Crippen molar-refractivity contribution in [3.63, 3.8) is 0 Å². The van der Waals surface area contributed by atoms with Gasteiger partial charge in [0, 0.05) is 0 Å². The molecule has 8 heteroatoms. The van der Waals surface area contributed by atoms with Crippen LogP contribution < -0.4 is 4.74 Å². The minimum Gasteiger partial charge on any atom is -0.504 e. The summed E-state index contributed by atoms with van der Waals surface area (Å²) in [6, 6.07) is 7.89. The van der Waals surface area contributed by atoms with Crippen LogP contribution in [-0.2, 0) is 13.6 Å². The van der Waals surface area contributed by atoms with Crippen molar-refractivity contribution in [1.82, 2.24) is 0 Å². The molecule has 1 atom stereocenters. The minimum atomic E-state index is -3.77. The van der Waals surface area contributed by atoms with Gasteiger partial charge in [0.05, 0.1) is 32.5 Å². The van der Waals surface area contributed by atoms with Crippen molar-refractivity contribution in [2.75, 3.05) is 20.3 Å². The van der Waals surface area contributed by atoms with Gasteiger partial charge in [-0.15, -0.1) is 0 Å². The van der Waals surface area contributed by atoms with Crippen molar-refractivity contribution in [2.24, 2.45) is 5.92 Å². The first-order valence-corrected chi connectivity index (χ1v) is 8.63. The Bertz CT molecular complexity index is 641. The Morgan fingerprint density at radius 3 is 2.22 bits per heavy atom. The number of methoxy groups -OCH3 is 1. The van der Waals surface area contributed by atoms with Gasteiger partial charge in [-0.3, -0.25) is 4.57 Å². The van der Waals surface area contributed by atoms with Gasteiger partial charge in [-0.1, -0.05) is 6.07 Å². The second-order valence-electron chi connectivity index (χ2n) is 4.49. The molecule has 7 nitrogen and oxygen atoms in total. The lowest BCUT2D eigenvalue weighted by Gasteiger charge is -2.27. The number of hydrogen-bond donors (Lipinski definition) is 1. The average Bonchev–Trinajstić information content (AvgIpc) is 2.53. The topological polar surface area (TPSA) is 113 Å². The van der Waals surface area contributed by atoms with Crippen LogP contribution in [0.15, 0.2) is 18.2 Å². The number of phenols is 1. The van der Waals surface area contributed by atoms with Gasteiger partial charge >= 0.3 is 7.60 Å². The minimum absolute atomic E-state index is 0.104. The molecule has 0 amide bonds. The predicted octanol–water partition coefficient (Wildman–Crippen LogP) is 3.37. The molecule has 0 heterocycles. The maximum absolute atomic E-state index is 13.1. The molecule has 0 saturated heterocycles. The fourth-order valence-electron chi connectivity index (χ4n) is 2.16. The Morgan fingerprint density at radius 2 is 1.78 bits per heavy atom. The molecule has 1 aromatic rings. The van der Waals surface area contributed by atoms with Gasteiger partial charge in [-0.2, -0.15) is 10.5 Å². The summed E-state index contributed by atoms with van der Waals surface area (Å²) in [5.41, 5.74) is -0.745. The highest BCUT2D eigenvalue weighted by atomic mass is 31.2. The van der Waals surface area contributed by atoms with Gasteiger partial charge in [-0.25, -0.2) is 0 Å². The first-order valence-electron chi connectivity index (χ1n) is 7.02. The van der Waals surface area contributed by atoms with E-state index in [1.165, 1.54) is 25.3 Å². The van der Waals surface area contributed by atoms with Crippen molar-refractivity contribution in [1.29, 1.82) is 10.5 Å². The Balaban J connectivity index is 3.50. The predicted molar refractivity (Wildman–Crippen MR) is 83.0 cm³/mol. The summed E-state index contributed by atoms with van der Waals surface area (Å²) in [5, 5.41) is 28.2. The maximum atomic E-state index is 13.1. The van der Waals surface area contributed by atoms with Crippen LogP contribution in [0.5, 0.6) is 11.5 Å². The van der Waals surface area contributed by atoms with Crippen molar-refractivity contribution >= 4 is 7.60 Å². The molecule has 0 aliphatic carbocycles. The van der Waals surface area contributed by atoms with Crippen LogP contribution >= 0.6 is 7.60 Å². The number of hydrogen-bond acceptors (Lipinski definition) is 7. The molecule has 0 aliphatic rings. The zero-order valence-corrected chi connectivity index (χ0v) is 14.1. The summed E-state index contributed by atoms with van der Waals surface area (Å²) in [6.07, 6.45) is 0. The summed E-state index contributed by atoms with van der Waals surface area (Å²) in [4.78, 5) is 0. The molecule has 0 radical (unpaired) electrons. The zero-order valence-electron chi connectivity index (χ0n) is 13.2. The summed E-state index contributed by atoms with van der Waals surface area (Å²) < 4.78 is 28.7.